The Labute approximate surface area is 326 Å². The molecule has 0 bridgehead atoms. The monoisotopic (exact) mass is 761 g/mol. The van der Waals surface area contributed by atoms with Gasteiger partial charge in [0.05, 0.1) is 48.2 Å². The molecule has 3 N–H and O–H groups in total. The fourth-order valence-electron chi connectivity index (χ4n) is 8.82. The summed E-state index contributed by atoms with van der Waals surface area (Å²) in [6.07, 6.45) is 3.57. The van der Waals surface area contributed by atoms with Gasteiger partial charge in [0.15, 0.2) is 0 Å². The molecule has 0 unspecified atom stereocenters. The van der Waals surface area contributed by atoms with Crippen molar-refractivity contribution in [2.45, 2.75) is 97.2 Å². The van der Waals surface area contributed by atoms with E-state index in [-0.39, 0.29) is 29.9 Å². The number of methoxy groups -OCH3 is 2. The highest BCUT2D eigenvalue weighted by Gasteiger charge is 2.42. The van der Waals surface area contributed by atoms with Crippen LogP contribution in [0.5, 0.6) is 5.75 Å². The molecule has 0 radical (unpaired) electrons. The normalized spacial score (nSPS) is 21.6. The minimum atomic E-state index is -0.918. The molecule has 6 atom stereocenters. The summed E-state index contributed by atoms with van der Waals surface area (Å²) in [6, 6.07) is 13.5. The Morgan fingerprint density at radius 3 is 2.57 bits per heavy atom. The lowest BCUT2D eigenvalue weighted by Gasteiger charge is -2.33. The first kappa shape index (κ1) is 37.5. The number of hydrogen-bond acceptors (Lipinski definition) is 8. The van der Waals surface area contributed by atoms with Gasteiger partial charge in [-0.2, -0.15) is 0 Å². The molecule has 13 nitrogen and oxygen atoms in total. The summed E-state index contributed by atoms with van der Waals surface area (Å²) in [7, 11) is 2.78. The summed E-state index contributed by atoms with van der Waals surface area (Å²) in [4.78, 5) is 60.0. The van der Waals surface area contributed by atoms with Gasteiger partial charge < -0.3 is 39.3 Å². The number of alkyl carbamates (subject to hydrolysis) is 1. The van der Waals surface area contributed by atoms with Gasteiger partial charge in [-0.15, -0.1) is 0 Å². The van der Waals surface area contributed by atoms with E-state index in [2.05, 4.69) is 72.5 Å². The minimum absolute atomic E-state index is 0.0428. The molecule has 0 spiro atoms. The van der Waals surface area contributed by atoms with E-state index in [9.17, 15) is 14.4 Å². The molecule has 56 heavy (non-hydrogen) atoms. The van der Waals surface area contributed by atoms with Gasteiger partial charge in [0.2, 0.25) is 11.8 Å². The molecule has 3 aliphatic rings. The predicted molar refractivity (Wildman–Crippen MR) is 213 cm³/mol. The van der Waals surface area contributed by atoms with E-state index in [1.165, 1.54) is 14.2 Å². The summed E-state index contributed by atoms with van der Waals surface area (Å²) >= 11 is 0. The SMILES string of the molecule is COC(=O)N[C@H](C(=O)N1[C@@H](C)CC[C@H]1c1nc2c(ccc3cc4c(cc32)OCc2cc(-c3cnc([C@@H]5C[C@H](C)CN5C(=O)CC(C)C)[nH]3)ccc2-4)[nH]1)[C@@H](C)OC. The highest BCUT2D eigenvalue weighted by Crippen LogP contribution is 2.44. The standard InChI is InChI=1S/C43H51N7O6/c1-22(2)14-37(51)49-20-23(3)15-35(49)40-44-19-33(46-40)27-9-11-29-28(16-27)21-56-36-18-30-26(17-31(29)36)10-12-32-39(30)47-41(45-32)34-13-8-24(4)50(34)42(52)38(25(5)54-6)48-43(53)55-7/h9-12,16-19,22-25,34-35,38H,8,13-15,20-21H2,1-7H3,(H,44,46)(H,45,47)(H,48,53)/t23-,24-,25+,34-,35-,38-/m0/s1. The third kappa shape index (κ3) is 6.75. The van der Waals surface area contributed by atoms with Crippen molar-refractivity contribution >= 4 is 39.7 Å². The molecule has 3 aromatic carbocycles. The largest absolute Gasteiger partial charge is 0.488 e. The summed E-state index contributed by atoms with van der Waals surface area (Å²) in [5.74, 6) is 3.00. The van der Waals surface area contributed by atoms with Gasteiger partial charge in [-0.1, -0.05) is 39.0 Å². The topological polar surface area (TPSA) is 155 Å². The Morgan fingerprint density at radius 1 is 0.982 bits per heavy atom. The van der Waals surface area contributed by atoms with Crippen molar-refractivity contribution in [1.82, 2.24) is 35.1 Å². The van der Waals surface area contributed by atoms with Crippen molar-refractivity contribution < 1.29 is 28.6 Å². The smallest absolute Gasteiger partial charge is 0.407 e. The van der Waals surface area contributed by atoms with Crippen molar-refractivity contribution in [2.75, 3.05) is 20.8 Å². The average molecular weight is 762 g/mol. The van der Waals surface area contributed by atoms with Crippen LogP contribution in [-0.2, 0) is 25.7 Å². The Bertz CT molecular complexity index is 2310. The third-order valence-corrected chi connectivity index (χ3v) is 11.8. The van der Waals surface area contributed by atoms with Gasteiger partial charge >= 0.3 is 6.09 Å². The molecule has 5 heterocycles. The Hall–Kier alpha value is -5.43. The summed E-state index contributed by atoms with van der Waals surface area (Å²) < 4.78 is 16.7. The summed E-state index contributed by atoms with van der Waals surface area (Å²) in [6.45, 7) is 11.3. The summed E-state index contributed by atoms with van der Waals surface area (Å²) in [5, 5.41) is 4.65. The maximum absolute atomic E-state index is 14.0. The zero-order valence-corrected chi connectivity index (χ0v) is 33.1. The van der Waals surface area contributed by atoms with Crippen LogP contribution in [0, 0.1) is 11.8 Å². The molecule has 2 fully saturated rings. The van der Waals surface area contributed by atoms with Crippen LogP contribution in [0.2, 0.25) is 0 Å². The van der Waals surface area contributed by atoms with E-state index in [4.69, 9.17) is 24.2 Å². The van der Waals surface area contributed by atoms with Gasteiger partial charge in [-0.3, -0.25) is 9.59 Å². The fraction of sp³-hybridized carbons (Fsp3) is 0.465. The van der Waals surface area contributed by atoms with Crippen LogP contribution in [0.4, 0.5) is 4.79 Å². The van der Waals surface area contributed by atoms with Crippen LogP contribution in [-0.4, -0.2) is 86.6 Å². The number of aromatic amines is 2. The van der Waals surface area contributed by atoms with Crippen molar-refractivity contribution in [1.29, 1.82) is 0 Å². The van der Waals surface area contributed by atoms with Crippen LogP contribution in [0.15, 0.2) is 48.7 Å². The second kappa shape index (κ2) is 14.9. The molecule has 2 saturated heterocycles. The molecule has 0 saturated carbocycles. The second-order valence-electron chi connectivity index (χ2n) is 16.2. The summed E-state index contributed by atoms with van der Waals surface area (Å²) in [5.41, 5.74) is 6.83. The molecule has 2 aromatic heterocycles. The number of likely N-dealkylation sites (tertiary alicyclic amines) is 2. The highest BCUT2D eigenvalue weighted by atomic mass is 16.5. The van der Waals surface area contributed by atoms with E-state index in [0.29, 0.717) is 30.7 Å². The number of aromatic nitrogens is 4. The first-order valence-corrected chi connectivity index (χ1v) is 19.7. The number of nitrogens with one attached hydrogen (secondary N) is 3. The lowest BCUT2D eigenvalue weighted by Crippen LogP contribution is -2.55. The predicted octanol–water partition coefficient (Wildman–Crippen LogP) is 7.43. The van der Waals surface area contributed by atoms with Gasteiger partial charge in [-0.25, -0.2) is 14.8 Å². The Balaban J connectivity index is 1.06. The number of imidazole rings is 2. The van der Waals surface area contributed by atoms with E-state index >= 15 is 0 Å². The Kier molecular flexibility index (Phi) is 9.98. The van der Waals surface area contributed by atoms with Crippen LogP contribution in [0.3, 0.4) is 0 Å². The lowest BCUT2D eigenvalue weighted by atomic mass is 9.92. The van der Waals surface area contributed by atoms with E-state index < -0.39 is 18.2 Å². The number of fused-ring (bicyclic) bond motifs is 6. The lowest BCUT2D eigenvalue weighted by molar-refractivity contribution is -0.139. The number of ether oxygens (including phenoxy) is 3. The third-order valence-electron chi connectivity index (χ3n) is 11.8. The van der Waals surface area contributed by atoms with Crippen molar-refractivity contribution in [3.8, 4) is 28.1 Å². The van der Waals surface area contributed by atoms with Crippen molar-refractivity contribution in [3.63, 3.8) is 0 Å². The van der Waals surface area contributed by atoms with E-state index in [0.717, 1.165) is 87.1 Å². The van der Waals surface area contributed by atoms with Crippen LogP contribution < -0.4 is 10.1 Å². The molecule has 8 rings (SSSR count). The van der Waals surface area contributed by atoms with Gasteiger partial charge in [0.25, 0.3) is 0 Å². The second-order valence-corrected chi connectivity index (χ2v) is 16.2. The molecular formula is C43H51N7O6. The van der Waals surface area contributed by atoms with Crippen LogP contribution >= 0.6 is 0 Å². The number of carbonyl (C=O) groups excluding carboxylic acids is 3. The number of rotatable bonds is 9. The van der Waals surface area contributed by atoms with E-state index in [1.807, 2.05) is 29.0 Å². The number of carbonyl (C=O) groups is 3. The molecule has 5 aromatic rings. The number of amides is 3. The average Bonchev–Trinajstić information content (AvgIpc) is 4.00. The number of benzene rings is 3. The molecule has 294 valence electrons. The fourth-order valence-corrected chi connectivity index (χ4v) is 8.82. The van der Waals surface area contributed by atoms with Gasteiger partial charge in [0, 0.05) is 37.1 Å². The quantitative estimate of drug-likeness (QED) is 0.140. The molecular weight excluding hydrogens is 711 g/mol. The van der Waals surface area contributed by atoms with Crippen molar-refractivity contribution in [3.05, 3.63) is 65.9 Å². The van der Waals surface area contributed by atoms with Crippen molar-refractivity contribution in [2.24, 2.45) is 11.8 Å². The first-order chi connectivity index (χ1) is 26.9. The van der Waals surface area contributed by atoms with Crippen LogP contribution in [0.1, 0.15) is 89.6 Å². The first-order valence-electron chi connectivity index (χ1n) is 19.7. The van der Waals surface area contributed by atoms with Gasteiger partial charge in [0.1, 0.15) is 30.0 Å². The molecule has 3 amide bonds. The molecule has 3 aliphatic heterocycles. The number of H-pyrrole nitrogens is 2. The van der Waals surface area contributed by atoms with Gasteiger partial charge in [-0.05, 0) is 91.3 Å². The zero-order chi connectivity index (χ0) is 39.4. The van der Waals surface area contributed by atoms with Crippen LogP contribution in [0.25, 0.3) is 44.2 Å². The zero-order valence-electron chi connectivity index (χ0n) is 33.1. The molecule has 0 aliphatic carbocycles. The maximum Gasteiger partial charge on any atom is 0.407 e. The molecule has 13 heteroatoms. The van der Waals surface area contributed by atoms with E-state index in [1.54, 1.807) is 6.92 Å². The number of nitrogens with zero attached hydrogens (tertiary/aromatic N) is 4. The number of hydrogen-bond donors (Lipinski definition) is 3. The Morgan fingerprint density at radius 2 is 1.80 bits per heavy atom. The highest BCUT2D eigenvalue weighted by molar-refractivity contribution is 6.07. The maximum atomic E-state index is 14.0. The minimum Gasteiger partial charge on any atom is -0.488 e.